The molecule has 0 radical (unpaired) electrons. The molecule has 8 nitrogen and oxygen atoms in total. The van der Waals surface area contributed by atoms with Crippen molar-refractivity contribution in [2.45, 2.75) is 19.9 Å². The van der Waals surface area contributed by atoms with Gasteiger partial charge in [0.25, 0.3) is 0 Å². The monoisotopic (exact) mass is 294 g/mol. The average molecular weight is 294 g/mol. The van der Waals surface area contributed by atoms with E-state index in [4.69, 9.17) is 0 Å². The smallest absolute Gasteiger partial charge is 0.353 e. The lowest BCUT2D eigenvalue weighted by atomic mass is 10.3. The van der Waals surface area contributed by atoms with Crippen molar-refractivity contribution >= 4 is 28.7 Å². The molecule has 0 saturated carbocycles. The topological polar surface area (TPSA) is 106 Å². The summed E-state index contributed by atoms with van der Waals surface area (Å²) < 4.78 is 0. The lowest BCUT2D eigenvalue weighted by Crippen LogP contribution is -2.11. The van der Waals surface area contributed by atoms with Gasteiger partial charge in [0.05, 0.1) is 11.0 Å². The van der Waals surface area contributed by atoms with Crippen LogP contribution in [0.15, 0.2) is 11.7 Å². The van der Waals surface area contributed by atoms with Crippen molar-refractivity contribution < 1.29 is 4.92 Å². The molecule has 0 aromatic carbocycles. The molecule has 0 bridgehead atoms. The van der Waals surface area contributed by atoms with Crippen LogP contribution in [0, 0.1) is 17.0 Å². The van der Waals surface area contributed by atoms with Crippen molar-refractivity contribution in [3.05, 3.63) is 32.5 Å². The van der Waals surface area contributed by atoms with Crippen LogP contribution in [0.1, 0.15) is 23.7 Å². The Kier molecular flexibility index (Phi) is 4.08. The van der Waals surface area contributed by atoms with Crippen molar-refractivity contribution in [2.75, 3.05) is 17.7 Å². The van der Waals surface area contributed by atoms with Crippen molar-refractivity contribution in [1.82, 2.24) is 15.0 Å². The highest BCUT2D eigenvalue weighted by Gasteiger charge is 2.24. The quantitative estimate of drug-likeness (QED) is 0.644. The predicted octanol–water partition coefficient (Wildman–Crippen LogP) is 2.36. The van der Waals surface area contributed by atoms with Crippen molar-refractivity contribution in [2.24, 2.45) is 0 Å². The molecule has 20 heavy (non-hydrogen) atoms. The van der Waals surface area contributed by atoms with Gasteiger partial charge in [-0.2, -0.15) is 0 Å². The number of anilines is 2. The van der Waals surface area contributed by atoms with Gasteiger partial charge in [-0.25, -0.2) is 15.0 Å². The zero-order valence-electron chi connectivity index (χ0n) is 11.2. The fourth-order valence-corrected chi connectivity index (χ4v) is 2.48. The van der Waals surface area contributed by atoms with E-state index in [0.717, 1.165) is 10.7 Å². The Hall–Kier alpha value is -2.29. The van der Waals surface area contributed by atoms with E-state index in [1.54, 1.807) is 7.05 Å². The summed E-state index contributed by atoms with van der Waals surface area (Å²) in [5, 5.41) is 19.6. The molecule has 9 heteroatoms. The third-order valence-corrected chi connectivity index (χ3v) is 3.75. The van der Waals surface area contributed by atoms with E-state index in [-0.39, 0.29) is 23.4 Å². The van der Waals surface area contributed by atoms with Crippen molar-refractivity contribution in [1.29, 1.82) is 0 Å². The molecule has 2 aromatic rings. The SMILES string of the molecule is CNc1ncnc(NC(C)c2nc(C)cs2)c1[N+](=O)[O-]. The first kappa shape index (κ1) is 14.1. The molecule has 2 N–H and O–H groups in total. The molecule has 0 fully saturated rings. The minimum atomic E-state index is -0.506. The number of hydrogen-bond acceptors (Lipinski definition) is 8. The summed E-state index contributed by atoms with van der Waals surface area (Å²) >= 11 is 1.50. The highest BCUT2D eigenvalue weighted by atomic mass is 32.1. The summed E-state index contributed by atoms with van der Waals surface area (Å²) in [5.74, 6) is 0.352. The molecule has 0 amide bonds. The van der Waals surface area contributed by atoms with Crippen LogP contribution in [0.25, 0.3) is 0 Å². The average Bonchev–Trinajstić information content (AvgIpc) is 2.84. The number of nitrogens with one attached hydrogen (secondary N) is 2. The lowest BCUT2D eigenvalue weighted by molar-refractivity contribution is -0.383. The Balaban J connectivity index is 2.31. The molecule has 0 spiro atoms. The van der Waals surface area contributed by atoms with E-state index in [2.05, 4.69) is 25.6 Å². The normalized spacial score (nSPS) is 11.9. The number of hydrogen-bond donors (Lipinski definition) is 2. The minimum absolute atomic E-state index is 0.171. The van der Waals surface area contributed by atoms with Crippen LogP contribution in [-0.4, -0.2) is 26.9 Å². The third-order valence-electron chi connectivity index (χ3n) is 2.60. The first-order valence-electron chi connectivity index (χ1n) is 5.88. The summed E-state index contributed by atoms with van der Waals surface area (Å²) in [7, 11) is 1.58. The first-order valence-corrected chi connectivity index (χ1v) is 6.76. The van der Waals surface area contributed by atoms with Crippen LogP contribution < -0.4 is 10.6 Å². The highest BCUT2D eigenvalue weighted by molar-refractivity contribution is 7.09. The molecule has 2 heterocycles. The molecule has 0 aliphatic rings. The largest absolute Gasteiger partial charge is 0.367 e. The molecule has 2 rings (SSSR count). The molecule has 0 saturated heterocycles. The standard InChI is InChI=1S/C11H14N6O2S/c1-6-4-20-11(15-6)7(2)16-10-8(17(18)19)9(12-3)13-5-14-10/h4-5,7H,1-3H3,(H2,12,13,14,16). The Morgan fingerprint density at radius 2 is 2.10 bits per heavy atom. The lowest BCUT2D eigenvalue weighted by Gasteiger charge is -2.12. The molecular formula is C11H14N6O2S. The van der Waals surface area contributed by atoms with Gasteiger partial charge in [0, 0.05) is 18.1 Å². The Bertz CT molecular complexity index is 629. The number of nitrogens with zero attached hydrogens (tertiary/aromatic N) is 4. The zero-order valence-corrected chi connectivity index (χ0v) is 12.1. The minimum Gasteiger partial charge on any atom is -0.367 e. The van der Waals surface area contributed by atoms with Crippen LogP contribution >= 0.6 is 11.3 Å². The van der Waals surface area contributed by atoms with Gasteiger partial charge < -0.3 is 10.6 Å². The van der Waals surface area contributed by atoms with Gasteiger partial charge in [-0.3, -0.25) is 10.1 Å². The predicted molar refractivity (Wildman–Crippen MR) is 77.1 cm³/mol. The zero-order chi connectivity index (χ0) is 14.7. The van der Waals surface area contributed by atoms with Crippen LogP contribution in [-0.2, 0) is 0 Å². The van der Waals surface area contributed by atoms with E-state index in [1.807, 2.05) is 19.2 Å². The fourth-order valence-electron chi connectivity index (χ4n) is 1.68. The third kappa shape index (κ3) is 2.82. The van der Waals surface area contributed by atoms with Crippen molar-refractivity contribution in [3.63, 3.8) is 0 Å². The number of aryl methyl sites for hydroxylation is 1. The maximum Gasteiger partial charge on any atom is 0.353 e. The van der Waals surface area contributed by atoms with Gasteiger partial charge in [-0.15, -0.1) is 11.3 Å². The Labute approximate surface area is 119 Å². The molecule has 0 aliphatic heterocycles. The summed E-state index contributed by atoms with van der Waals surface area (Å²) in [6.45, 7) is 3.78. The number of aromatic nitrogens is 3. The van der Waals surface area contributed by atoms with Crippen LogP contribution in [0.3, 0.4) is 0 Å². The molecule has 2 aromatic heterocycles. The number of nitro groups is 1. The fraction of sp³-hybridized carbons (Fsp3) is 0.364. The second kappa shape index (κ2) is 5.78. The van der Waals surface area contributed by atoms with Gasteiger partial charge in [-0.05, 0) is 13.8 Å². The number of thiazole rings is 1. The summed E-state index contributed by atoms with van der Waals surface area (Å²) in [6.07, 6.45) is 1.28. The van der Waals surface area contributed by atoms with Crippen LogP contribution in [0.5, 0.6) is 0 Å². The summed E-state index contributed by atoms with van der Waals surface area (Å²) in [6, 6.07) is -0.174. The van der Waals surface area contributed by atoms with E-state index < -0.39 is 4.92 Å². The highest BCUT2D eigenvalue weighted by Crippen LogP contribution is 2.31. The van der Waals surface area contributed by atoms with Gasteiger partial charge in [0.15, 0.2) is 0 Å². The molecule has 1 unspecified atom stereocenters. The Morgan fingerprint density at radius 1 is 1.40 bits per heavy atom. The van der Waals surface area contributed by atoms with Crippen molar-refractivity contribution in [3.8, 4) is 0 Å². The molecular weight excluding hydrogens is 280 g/mol. The van der Waals surface area contributed by atoms with E-state index in [9.17, 15) is 10.1 Å². The Morgan fingerprint density at radius 3 is 2.65 bits per heavy atom. The first-order chi connectivity index (χ1) is 9.52. The van der Waals surface area contributed by atoms with Crippen LogP contribution in [0.2, 0.25) is 0 Å². The van der Waals surface area contributed by atoms with Gasteiger partial charge in [-0.1, -0.05) is 0 Å². The maximum absolute atomic E-state index is 11.2. The maximum atomic E-state index is 11.2. The molecule has 106 valence electrons. The number of rotatable bonds is 5. The van der Waals surface area contributed by atoms with Gasteiger partial charge in [0.1, 0.15) is 11.3 Å². The van der Waals surface area contributed by atoms with E-state index >= 15 is 0 Å². The van der Waals surface area contributed by atoms with E-state index in [0.29, 0.717) is 0 Å². The van der Waals surface area contributed by atoms with Gasteiger partial charge in [0.2, 0.25) is 11.6 Å². The second-order valence-corrected chi connectivity index (χ2v) is 5.01. The molecule has 0 aliphatic carbocycles. The van der Waals surface area contributed by atoms with E-state index in [1.165, 1.54) is 17.7 Å². The second-order valence-electron chi connectivity index (χ2n) is 4.12. The van der Waals surface area contributed by atoms with Crippen LogP contribution in [0.4, 0.5) is 17.3 Å². The summed E-state index contributed by atoms with van der Waals surface area (Å²) in [5.41, 5.74) is 0.752. The summed E-state index contributed by atoms with van der Waals surface area (Å²) in [4.78, 5) is 22.8. The van der Waals surface area contributed by atoms with Gasteiger partial charge >= 0.3 is 5.69 Å². The molecule has 1 atom stereocenters.